The molecule has 3 heterocycles. The Balaban J connectivity index is 1.61. The van der Waals surface area contributed by atoms with E-state index in [0.717, 1.165) is 24.8 Å². The number of amides is 2. The molecule has 1 aromatic heterocycles. The molecule has 1 N–H and O–H groups in total. The Bertz CT molecular complexity index is 1360. The van der Waals surface area contributed by atoms with Crippen LogP contribution in [0.3, 0.4) is 0 Å². The van der Waals surface area contributed by atoms with Gasteiger partial charge in [0.15, 0.2) is 0 Å². The zero-order chi connectivity index (χ0) is 30.7. The van der Waals surface area contributed by atoms with Gasteiger partial charge in [-0.2, -0.15) is 0 Å². The highest BCUT2D eigenvalue weighted by molar-refractivity contribution is 5.91. The van der Waals surface area contributed by atoms with Gasteiger partial charge in [0.1, 0.15) is 40.4 Å². The van der Waals surface area contributed by atoms with E-state index in [0.29, 0.717) is 48.0 Å². The number of allylic oxidation sites excluding steroid dienone is 1. The molecule has 0 bridgehead atoms. The first-order chi connectivity index (χ1) is 19.9. The number of alkyl carbamates (subject to hydrolysis) is 1. The van der Waals surface area contributed by atoms with Crippen LogP contribution in [0.2, 0.25) is 0 Å². The third-order valence-corrected chi connectivity index (χ3v) is 7.89. The summed E-state index contributed by atoms with van der Waals surface area (Å²) < 4.78 is 31.7. The molecular weight excluding hydrogens is 541 g/mol. The first-order valence-corrected chi connectivity index (χ1v) is 14.6. The number of likely N-dealkylation sites (tertiary alicyclic amines) is 1. The molecule has 2 amide bonds. The summed E-state index contributed by atoms with van der Waals surface area (Å²) in [7, 11) is 1.29. The van der Waals surface area contributed by atoms with Crippen molar-refractivity contribution in [1.29, 1.82) is 0 Å². The lowest BCUT2D eigenvalue weighted by Gasteiger charge is -2.36. The number of fused-ring (bicyclic) bond motifs is 3. The normalized spacial score (nSPS) is 20.5. The van der Waals surface area contributed by atoms with Gasteiger partial charge in [0, 0.05) is 17.4 Å². The summed E-state index contributed by atoms with van der Waals surface area (Å²) in [6, 6.07) is 3.08. The van der Waals surface area contributed by atoms with E-state index in [2.05, 4.69) is 16.9 Å². The third-order valence-electron chi connectivity index (χ3n) is 7.89. The molecule has 3 atom stereocenters. The maximum atomic E-state index is 14.5. The molecule has 1 spiro atoms. The summed E-state index contributed by atoms with van der Waals surface area (Å²) in [4.78, 5) is 45.7. The molecular formula is C32H42FN3O6. The number of esters is 1. The van der Waals surface area contributed by atoms with E-state index >= 15 is 0 Å². The summed E-state index contributed by atoms with van der Waals surface area (Å²) in [5.74, 6) is -0.772. The van der Waals surface area contributed by atoms with Crippen molar-refractivity contribution in [1.82, 2.24) is 15.2 Å². The molecule has 10 heteroatoms. The van der Waals surface area contributed by atoms with Gasteiger partial charge in [-0.25, -0.2) is 19.0 Å². The molecule has 2 aliphatic rings. The van der Waals surface area contributed by atoms with Crippen LogP contribution in [0, 0.1) is 12.7 Å². The van der Waals surface area contributed by atoms with Crippen LogP contribution < -0.4 is 10.1 Å². The molecule has 42 heavy (non-hydrogen) atoms. The second-order valence-electron chi connectivity index (χ2n) is 12.3. The Morgan fingerprint density at radius 1 is 1.29 bits per heavy atom. The number of carbonyl (C=O) groups is 3. The number of halogens is 1. The molecule has 0 radical (unpaired) electrons. The number of hydrogen-bond acceptors (Lipinski definition) is 7. The van der Waals surface area contributed by atoms with Crippen LogP contribution in [0.1, 0.15) is 77.0 Å². The molecule has 1 aromatic carbocycles. The van der Waals surface area contributed by atoms with Crippen molar-refractivity contribution >= 4 is 28.9 Å². The zero-order valence-electron chi connectivity index (χ0n) is 25.3. The monoisotopic (exact) mass is 583 g/mol. The van der Waals surface area contributed by atoms with Crippen molar-refractivity contribution in [2.75, 3.05) is 13.7 Å². The van der Waals surface area contributed by atoms with E-state index in [1.54, 1.807) is 33.8 Å². The Hall–Kier alpha value is -3.69. The molecule has 2 aromatic rings. The molecule has 4 rings (SSSR count). The number of unbranched alkanes of at least 4 members (excludes halogenated alkanes) is 3. The minimum atomic E-state index is -0.892. The molecule has 0 saturated carbocycles. The Morgan fingerprint density at radius 3 is 2.74 bits per heavy atom. The van der Waals surface area contributed by atoms with E-state index in [1.165, 1.54) is 18.1 Å². The van der Waals surface area contributed by atoms with E-state index in [9.17, 15) is 18.8 Å². The SMILES string of the molecule is C=CCCCCCC(NC(=O)OC(C)(C)C)C(=O)N1CC2(CCc3c(c(C)nc4c(F)cccc34)O2)CC1C(=O)OC. The van der Waals surface area contributed by atoms with Crippen molar-refractivity contribution in [3.05, 3.63) is 47.9 Å². The predicted octanol–water partition coefficient (Wildman–Crippen LogP) is 5.55. The summed E-state index contributed by atoms with van der Waals surface area (Å²) in [6.07, 6.45) is 6.19. The van der Waals surface area contributed by atoms with Crippen LogP contribution in [-0.4, -0.2) is 64.8 Å². The van der Waals surface area contributed by atoms with E-state index in [-0.39, 0.29) is 18.9 Å². The minimum absolute atomic E-state index is 0.134. The number of aryl methyl sites for hydroxylation is 2. The third kappa shape index (κ3) is 6.85. The van der Waals surface area contributed by atoms with Gasteiger partial charge in [-0.05, 0) is 65.9 Å². The number of benzene rings is 1. The second-order valence-corrected chi connectivity index (χ2v) is 12.3. The lowest BCUT2D eigenvalue weighted by Crippen LogP contribution is -2.53. The van der Waals surface area contributed by atoms with Crippen molar-refractivity contribution in [3.8, 4) is 5.75 Å². The van der Waals surface area contributed by atoms with Crippen LogP contribution >= 0.6 is 0 Å². The molecule has 0 aliphatic carbocycles. The van der Waals surface area contributed by atoms with Gasteiger partial charge >= 0.3 is 12.1 Å². The maximum Gasteiger partial charge on any atom is 0.408 e. The van der Waals surface area contributed by atoms with Gasteiger partial charge in [0.25, 0.3) is 0 Å². The molecule has 9 nitrogen and oxygen atoms in total. The summed E-state index contributed by atoms with van der Waals surface area (Å²) in [6.45, 7) is 10.9. The Kier molecular flexibility index (Phi) is 9.43. The van der Waals surface area contributed by atoms with E-state index in [1.807, 2.05) is 12.1 Å². The fourth-order valence-electron chi connectivity index (χ4n) is 5.94. The first kappa shape index (κ1) is 31.3. The molecule has 1 fully saturated rings. The van der Waals surface area contributed by atoms with Gasteiger partial charge in [-0.15, -0.1) is 6.58 Å². The highest BCUT2D eigenvalue weighted by Crippen LogP contribution is 2.45. The van der Waals surface area contributed by atoms with Gasteiger partial charge in [-0.1, -0.05) is 31.1 Å². The average molecular weight is 584 g/mol. The number of ether oxygens (including phenoxy) is 3. The van der Waals surface area contributed by atoms with Crippen LogP contribution in [0.4, 0.5) is 9.18 Å². The number of rotatable bonds is 9. The average Bonchev–Trinajstić information content (AvgIpc) is 3.30. The minimum Gasteiger partial charge on any atom is -0.483 e. The van der Waals surface area contributed by atoms with Gasteiger partial charge in [0.2, 0.25) is 5.91 Å². The van der Waals surface area contributed by atoms with Crippen molar-refractivity contribution in [2.24, 2.45) is 0 Å². The number of pyridine rings is 1. The summed E-state index contributed by atoms with van der Waals surface area (Å²) in [5.41, 5.74) is 0.107. The number of nitrogens with zero attached hydrogens (tertiary/aromatic N) is 2. The first-order valence-electron chi connectivity index (χ1n) is 14.6. The predicted molar refractivity (Wildman–Crippen MR) is 157 cm³/mol. The topological polar surface area (TPSA) is 107 Å². The van der Waals surface area contributed by atoms with E-state index in [4.69, 9.17) is 14.2 Å². The quantitative estimate of drug-likeness (QED) is 0.234. The molecule has 3 unspecified atom stereocenters. The van der Waals surface area contributed by atoms with Gasteiger partial charge < -0.3 is 24.4 Å². The number of para-hydroxylation sites is 1. The van der Waals surface area contributed by atoms with Crippen molar-refractivity contribution < 1.29 is 33.0 Å². The van der Waals surface area contributed by atoms with Crippen LogP contribution in [-0.2, 0) is 25.5 Å². The summed E-state index contributed by atoms with van der Waals surface area (Å²) >= 11 is 0. The van der Waals surface area contributed by atoms with Gasteiger partial charge in [-0.3, -0.25) is 4.79 Å². The van der Waals surface area contributed by atoms with Crippen LogP contribution in [0.5, 0.6) is 5.75 Å². The number of aromatic nitrogens is 1. The summed E-state index contributed by atoms with van der Waals surface area (Å²) in [5, 5.41) is 3.44. The molecule has 2 aliphatic heterocycles. The smallest absolute Gasteiger partial charge is 0.408 e. The Morgan fingerprint density at radius 2 is 2.05 bits per heavy atom. The standard InChI is InChI=1S/C32H42FN3O6/c1-7-8-9-10-11-15-24(35-30(39)42-31(3,4)5)28(37)36-19-32(18-25(36)29(38)40-6)17-16-22-21-13-12-14-23(33)26(21)34-20(2)27(22)41-32/h7,12-14,24-25H,1,8-11,15-19H2,2-6H3,(H,35,39). The van der Waals surface area contributed by atoms with Crippen molar-refractivity contribution in [2.45, 2.75) is 102 Å². The highest BCUT2D eigenvalue weighted by Gasteiger charge is 2.53. The fraction of sp³-hybridized carbons (Fsp3) is 0.562. The zero-order valence-corrected chi connectivity index (χ0v) is 25.3. The Labute approximate surface area is 246 Å². The number of methoxy groups -OCH3 is 1. The lowest BCUT2D eigenvalue weighted by atomic mass is 9.87. The lowest BCUT2D eigenvalue weighted by molar-refractivity contribution is -0.151. The second kappa shape index (κ2) is 12.7. The fourth-order valence-corrected chi connectivity index (χ4v) is 5.94. The van der Waals surface area contributed by atoms with Crippen LogP contribution in [0.15, 0.2) is 30.9 Å². The van der Waals surface area contributed by atoms with Gasteiger partial charge in [0.05, 0.1) is 19.3 Å². The number of carbonyl (C=O) groups excluding carboxylic acids is 3. The molecule has 228 valence electrons. The van der Waals surface area contributed by atoms with E-state index < -0.39 is 41.2 Å². The number of nitrogens with one attached hydrogen (secondary N) is 1. The van der Waals surface area contributed by atoms with Crippen LogP contribution in [0.25, 0.3) is 10.9 Å². The van der Waals surface area contributed by atoms with Crippen molar-refractivity contribution in [3.63, 3.8) is 0 Å². The number of hydrogen-bond donors (Lipinski definition) is 1. The molecule has 1 saturated heterocycles. The maximum absolute atomic E-state index is 14.5. The highest BCUT2D eigenvalue weighted by atomic mass is 19.1. The largest absolute Gasteiger partial charge is 0.483 e.